The van der Waals surface area contributed by atoms with E-state index in [1.807, 2.05) is 45.0 Å². The van der Waals surface area contributed by atoms with Crippen LogP contribution in [0.2, 0.25) is 0 Å². The smallest absolute Gasteiger partial charge is 0.339 e. The quantitative estimate of drug-likeness (QED) is 0.399. The molecule has 0 saturated carbocycles. The van der Waals surface area contributed by atoms with Gasteiger partial charge in [0.1, 0.15) is 16.9 Å². The molecule has 2 aromatic carbocycles. The fourth-order valence-corrected chi connectivity index (χ4v) is 5.41. The van der Waals surface area contributed by atoms with Crippen molar-refractivity contribution in [1.29, 1.82) is 0 Å². The molecule has 0 bridgehead atoms. The number of hydrogen-bond donors (Lipinski definition) is 0. The van der Waals surface area contributed by atoms with E-state index >= 15 is 0 Å². The van der Waals surface area contributed by atoms with E-state index in [9.17, 15) is 19.5 Å². The molecule has 0 spiro atoms. The van der Waals surface area contributed by atoms with Gasteiger partial charge in [0.2, 0.25) is 5.91 Å². The standard InChI is InChI=1S/C29H29NO6/c1-17-19(3)35-24-16-25-23(15-22(17)24)18(2)21(27(32)36-25)9-10-26(31)30-13-11-29(12-14-30,28(33)34)20-7-5-4-6-8-20/h4-8,15-16H,9-14H2,1-3H3,(H,33,34)/p-1. The number of furan rings is 1. The van der Waals surface area contributed by atoms with E-state index in [4.69, 9.17) is 8.83 Å². The average Bonchev–Trinajstić information content (AvgIpc) is 3.15. The lowest BCUT2D eigenvalue weighted by Crippen LogP contribution is -2.53. The molecule has 1 aliphatic rings. The molecular formula is C29H28NO6-. The van der Waals surface area contributed by atoms with Gasteiger partial charge in [-0.1, -0.05) is 30.3 Å². The number of carboxylic acid groups (broad SMARTS) is 1. The van der Waals surface area contributed by atoms with Crippen molar-refractivity contribution in [3.8, 4) is 0 Å². The molecule has 1 fully saturated rings. The molecule has 0 unspecified atom stereocenters. The monoisotopic (exact) mass is 486 g/mol. The Morgan fingerprint density at radius 1 is 0.944 bits per heavy atom. The number of piperidine rings is 1. The van der Waals surface area contributed by atoms with E-state index in [-0.39, 0.29) is 18.7 Å². The first-order valence-corrected chi connectivity index (χ1v) is 12.2. The minimum atomic E-state index is -1.11. The van der Waals surface area contributed by atoms with Crippen molar-refractivity contribution in [2.24, 2.45) is 0 Å². The van der Waals surface area contributed by atoms with Crippen molar-refractivity contribution < 1.29 is 23.5 Å². The van der Waals surface area contributed by atoms with E-state index in [1.165, 1.54) is 0 Å². The number of benzene rings is 2. The number of aryl methyl sites for hydroxylation is 3. The van der Waals surface area contributed by atoms with Crippen molar-refractivity contribution in [3.05, 3.63) is 80.9 Å². The second-order valence-corrected chi connectivity index (χ2v) is 9.74. The molecule has 1 amide bonds. The number of rotatable bonds is 5. The maximum absolute atomic E-state index is 13.0. The lowest BCUT2D eigenvalue weighted by Gasteiger charge is -2.43. The molecule has 2 aromatic heterocycles. The van der Waals surface area contributed by atoms with Crippen molar-refractivity contribution >= 4 is 33.8 Å². The lowest BCUT2D eigenvalue weighted by atomic mass is 9.73. The van der Waals surface area contributed by atoms with Gasteiger partial charge in [-0.15, -0.1) is 0 Å². The molecule has 36 heavy (non-hydrogen) atoms. The Bertz CT molecular complexity index is 1540. The minimum Gasteiger partial charge on any atom is -0.549 e. The van der Waals surface area contributed by atoms with Crippen LogP contribution in [0.25, 0.3) is 21.9 Å². The van der Waals surface area contributed by atoms with Crippen LogP contribution in [0.5, 0.6) is 0 Å². The van der Waals surface area contributed by atoms with E-state index in [2.05, 4.69) is 0 Å². The highest BCUT2D eigenvalue weighted by molar-refractivity contribution is 5.96. The number of carboxylic acids is 1. The maximum atomic E-state index is 13.0. The Balaban J connectivity index is 1.33. The van der Waals surface area contributed by atoms with Crippen LogP contribution in [0, 0.1) is 20.8 Å². The largest absolute Gasteiger partial charge is 0.549 e. The van der Waals surface area contributed by atoms with Crippen LogP contribution < -0.4 is 10.7 Å². The summed E-state index contributed by atoms with van der Waals surface area (Å²) in [6.07, 6.45) is 0.988. The molecule has 0 atom stereocenters. The Hall–Kier alpha value is -3.87. The molecule has 0 aliphatic carbocycles. The van der Waals surface area contributed by atoms with Crippen LogP contribution >= 0.6 is 0 Å². The van der Waals surface area contributed by atoms with E-state index in [1.54, 1.807) is 23.1 Å². The summed E-state index contributed by atoms with van der Waals surface area (Å²) in [6, 6.07) is 12.8. The summed E-state index contributed by atoms with van der Waals surface area (Å²) in [5, 5.41) is 13.9. The summed E-state index contributed by atoms with van der Waals surface area (Å²) in [4.78, 5) is 39.6. The molecule has 5 rings (SSSR count). The number of aliphatic carboxylic acids is 1. The van der Waals surface area contributed by atoms with Gasteiger partial charge in [0.05, 0.1) is 5.97 Å². The van der Waals surface area contributed by atoms with Crippen LogP contribution in [0.4, 0.5) is 0 Å². The highest BCUT2D eigenvalue weighted by Gasteiger charge is 2.38. The number of carbonyl (C=O) groups excluding carboxylic acids is 2. The highest BCUT2D eigenvalue weighted by atomic mass is 16.4. The third kappa shape index (κ3) is 3.88. The molecule has 186 valence electrons. The minimum absolute atomic E-state index is 0.106. The van der Waals surface area contributed by atoms with Gasteiger partial charge >= 0.3 is 5.63 Å². The molecule has 0 N–H and O–H groups in total. The van der Waals surface area contributed by atoms with Crippen molar-refractivity contribution in [2.45, 2.75) is 51.9 Å². The second kappa shape index (κ2) is 8.97. The van der Waals surface area contributed by atoms with Gasteiger partial charge in [0.15, 0.2) is 0 Å². The van der Waals surface area contributed by atoms with Crippen molar-refractivity contribution in [1.82, 2.24) is 4.90 Å². The van der Waals surface area contributed by atoms with Gasteiger partial charge < -0.3 is 23.6 Å². The SMILES string of the molecule is Cc1oc2cc3oc(=O)c(CCC(=O)N4CCC(C(=O)[O-])(c5ccccc5)CC4)c(C)c3cc2c1C. The molecular weight excluding hydrogens is 458 g/mol. The van der Waals surface area contributed by atoms with Gasteiger partial charge in [-0.25, -0.2) is 4.79 Å². The molecule has 4 aromatic rings. The first-order valence-electron chi connectivity index (χ1n) is 12.2. The Morgan fingerprint density at radius 3 is 2.25 bits per heavy atom. The number of carbonyl (C=O) groups is 2. The van der Waals surface area contributed by atoms with Crippen LogP contribution in [0.3, 0.4) is 0 Å². The molecule has 7 nitrogen and oxygen atoms in total. The molecule has 0 radical (unpaired) electrons. The summed E-state index contributed by atoms with van der Waals surface area (Å²) in [6.45, 7) is 6.42. The number of likely N-dealkylation sites (tertiary alicyclic amines) is 1. The zero-order valence-corrected chi connectivity index (χ0v) is 20.7. The lowest BCUT2D eigenvalue weighted by molar-refractivity contribution is -0.315. The number of amides is 1. The summed E-state index contributed by atoms with van der Waals surface area (Å²) in [5.74, 6) is -0.393. The zero-order valence-electron chi connectivity index (χ0n) is 20.7. The molecule has 1 aliphatic heterocycles. The Morgan fingerprint density at radius 2 is 1.58 bits per heavy atom. The fourth-order valence-electron chi connectivity index (χ4n) is 5.41. The third-order valence-electron chi connectivity index (χ3n) is 7.86. The third-order valence-corrected chi connectivity index (χ3v) is 7.86. The molecule has 3 heterocycles. The topological polar surface area (TPSA) is 104 Å². The van der Waals surface area contributed by atoms with Crippen LogP contribution in [0.15, 0.2) is 56.1 Å². The summed E-state index contributed by atoms with van der Waals surface area (Å²) in [5.41, 5.74) is 2.63. The van der Waals surface area contributed by atoms with Crippen molar-refractivity contribution in [3.63, 3.8) is 0 Å². The van der Waals surface area contributed by atoms with Gasteiger partial charge in [0.25, 0.3) is 0 Å². The normalized spacial score (nSPS) is 15.5. The van der Waals surface area contributed by atoms with Gasteiger partial charge in [0, 0.05) is 47.3 Å². The van der Waals surface area contributed by atoms with Crippen LogP contribution in [-0.2, 0) is 21.4 Å². The first kappa shape index (κ1) is 23.9. The molecule has 7 heteroatoms. The van der Waals surface area contributed by atoms with Crippen LogP contribution in [0.1, 0.15) is 47.3 Å². The summed E-state index contributed by atoms with van der Waals surface area (Å²) < 4.78 is 11.4. The van der Waals surface area contributed by atoms with Crippen LogP contribution in [-0.4, -0.2) is 29.9 Å². The number of hydrogen-bond acceptors (Lipinski definition) is 6. The summed E-state index contributed by atoms with van der Waals surface area (Å²) in [7, 11) is 0. The predicted octanol–water partition coefficient (Wildman–Crippen LogP) is 3.71. The number of fused-ring (bicyclic) bond motifs is 2. The van der Waals surface area contributed by atoms with Gasteiger partial charge in [-0.2, -0.15) is 0 Å². The first-order chi connectivity index (χ1) is 17.2. The van der Waals surface area contributed by atoms with Crippen molar-refractivity contribution in [2.75, 3.05) is 13.1 Å². The van der Waals surface area contributed by atoms with Gasteiger partial charge in [-0.05, 0) is 62.8 Å². The van der Waals surface area contributed by atoms with E-state index < -0.39 is 17.0 Å². The second-order valence-electron chi connectivity index (χ2n) is 9.74. The number of nitrogens with zero attached hydrogens (tertiary/aromatic N) is 1. The fraction of sp³-hybridized carbons (Fsp3) is 0.345. The zero-order chi connectivity index (χ0) is 25.6. The average molecular weight is 487 g/mol. The Labute approximate surface area is 208 Å². The maximum Gasteiger partial charge on any atom is 0.339 e. The van der Waals surface area contributed by atoms with E-state index in [0.717, 1.165) is 27.7 Å². The summed E-state index contributed by atoms with van der Waals surface area (Å²) >= 11 is 0. The highest BCUT2D eigenvalue weighted by Crippen LogP contribution is 2.35. The van der Waals surface area contributed by atoms with E-state index in [0.29, 0.717) is 48.2 Å². The van der Waals surface area contributed by atoms with Gasteiger partial charge in [-0.3, -0.25) is 4.79 Å². The Kier molecular flexibility index (Phi) is 5.94. The predicted molar refractivity (Wildman–Crippen MR) is 134 cm³/mol. The molecule has 1 saturated heterocycles.